The number of carbonyl (C=O) groups excluding carboxylic acids is 3. The number of hydrogen-bond acceptors (Lipinski definition) is 6. The zero-order valence-electron chi connectivity index (χ0n) is 42.5. The molecule has 0 heterocycles. The average molecular weight is 877 g/mol. The Bertz CT molecular complexity index is 949. The maximum atomic E-state index is 12.8. The lowest BCUT2D eigenvalue weighted by Gasteiger charge is -2.18. The zero-order valence-corrected chi connectivity index (χ0v) is 42.5. The summed E-state index contributed by atoms with van der Waals surface area (Å²) in [7, 11) is 0. The van der Waals surface area contributed by atoms with Gasteiger partial charge < -0.3 is 14.2 Å². The topological polar surface area (TPSA) is 78.9 Å². The standard InChI is InChI=1S/C56H108O6/c1-6-8-9-10-11-12-13-20-24-27-30-36-41-46-54(57)60-49-53(50-61-55(58)47-42-37-33-32-35-40-45-52(5)7-2)62-56(59)48-43-38-31-28-25-22-19-17-15-14-16-18-21-23-26-29-34-39-44-51(3)4/h51-53H,6-50H2,1-5H3/t52?,53-/m0/s1. The van der Waals surface area contributed by atoms with Gasteiger partial charge in [0.05, 0.1) is 0 Å². The zero-order chi connectivity index (χ0) is 45.4. The van der Waals surface area contributed by atoms with E-state index in [1.807, 2.05) is 0 Å². The number of unbranched alkanes of at least 4 members (excludes halogenated alkanes) is 34. The number of hydrogen-bond donors (Lipinski definition) is 0. The van der Waals surface area contributed by atoms with Gasteiger partial charge in [-0.05, 0) is 31.1 Å². The minimum Gasteiger partial charge on any atom is -0.462 e. The first-order valence-electron chi connectivity index (χ1n) is 27.8. The van der Waals surface area contributed by atoms with Crippen LogP contribution in [-0.2, 0) is 28.6 Å². The molecule has 0 amide bonds. The summed E-state index contributed by atoms with van der Waals surface area (Å²) in [6, 6.07) is 0. The summed E-state index contributed by atoms with van der Waals surface area (Å²) in [5.41, 5.74) is 0. The fraction of sp³-hybridized carbons (Fsp3) is 0.946. The Morgan fingerprint density at radius 1 is 0.339 bits per heavy atom. The molecule has 0 aliphatic rings. The minimum atomic E-state index is -0.762. The maximum Gasteiger partial charge on any atom is 0.306 e. The Morgan fingerprint density at radius 2 is 0.613 bits per heavy atom. The molecule has 0 N–H and O–H groups in total. The minimum absolute atomic E-state index is 0.0638. The summed E-state index contributed by atoms with van der Waals surface area (Å²) < 4.78 is 16.8. The average Bonchev–Trinajstić information content (AvgIpc) is 3.26. The monoisotopic (exact) mass is 877 g/mol. The lowest BCUT2D eigenvalue weighted by atomic mass is 10.00. The Labute approximate surface area is 387 Å². The van der Waals surface area contributed by atoms with Crippen molar-refractivity contribution in [3.05, 3.63) is 0 Å². The Balaban J connectivity index is 4.23. The molecule has 6 nitrogen and oxygen atoms in total. The smallest absolute Gasteiger partial charge is 0.306 e. The van der Waals surface area contributed by atoms with Crippen molar-refractivity contribution in [2.45, 2.75) is 317 Å². The van der Waals surface area contributed by atoms with E-state index in [0.29, 0.717) is 19.3 Å². The van der Waals surface area contributed by atoms with Gasteiger partial charge in [0.2, 0.25) is 0 Å². The van der Waals surface area contributed by atoms with Crippen molar-refractivity contribution < 1.29 is 28.6 Å². The number of ether oxygens (including phenoxy) is 3. The predicted octanol–water partition coefficient (Wildman–Crippen LogP) is 18.1. The second-order valence-electron chi connectivity index (χ2n) is 19.9. The summed E-state index contributed by atoms with van der Waals surface area (Å²) in [5.74, 6) is 0.826. The molecule has 0 fully saturated rings. The van der Waals surface area contributed by atoms with Crippen LogP contribution in [0, 0.1) is 11.8 Å². The summed E-state index contributed by atoms with van der Waals surface area (Å²) in [6.07, 6.45) is 51.0. The van der Waals surface area contributed by atoms with Crippen LogP contribution in [0.1, 0.15) is 311 Å². The summed E-state index contributed by atoms with van der Waals surface area (Å²) in [5, 5.41) is 0. The predicted molar refractivity (Wildman–Crippen MR) is 266 cm³/mol. The van der Waals surface area contributed by atoms with E-state index in [4.69, 9.17) is 14.2 Å². The van der Waals surface area contributed by atoms with E-state index in [2.05, 4.69) is 34.6 Å². The molecular weight excluding hydrogens is 769 g/mol. The van der Waals surface area contributed by atoms with Gasteiger partial charge >= 0.3 is 17.9 Å². The lowest BCUT2D eigenvalue weighted by molar-refractivity contribution is -0.167. The number of esters is 3. The second-order valence-corrected chi connectivity index (χ2v) is 19.9. The molecule has 6 heteroatoms. The normalized spacial score (nSPS) is 12.5. The van der Waals surface area contributed by atoms with Crippen molar-refractivity contribution in [1.82, 2.24) is 0 Å². The highest BCUT2D eigenvalue weighted by molar-refractivity contribution is 5.71. The largest absolute Gasteiger partial charge is 0.462 e. The van der Waals surface area contributed by atoms with E-state index in [0.717, 1.165) is 69.6 Å². The van der Waals surface area contributed by atoms with Crippen LogP contribution in [0.5, 0.6) is 0 Å². The Kier molecular flexibility index (Phi) is 47.6. The molecular formula is C56H108O6. The third-order valence-corrected chi connectivity index (χ3v) is 13.1. The van der Waals surface area contributed by atoms with Crippen LogP contribution in [0.4, 0.5) is 0 Å². The lowest BCUT2D eigenvalue weighted by Crippen LogP contribution is -2.30. The highest BCUT2D eigenvalue weighted by Gasteiger charge is 2.19. The molecule has 0 aliphatic carbocycles. The van der Waals surface area contributed by atoms with Gasteiger partial charge in [0, 0.05) is 19.3 Å². The van der Waals surface area contributed by atoms with Crippen molar-refractivity contribution in [1.29, 1.82) is 0 Å². The first-order valence-corrected chi connectivity index (χ1v) is 27.8. The van der Waals surface area contributed by atoms with E-state index >= 15 is 0 Å². The van der Waals surface area contributed by atoms with Gasteiger partial charge in [-0.1, -0.05) is 272 Å². The van der Waals surface area contributed by atoms with Gasteiger partial charge in [-0.3, -0.25) is 14.4 Å². The molecule has 2 atom stereocenters. The summed E-state index contributed by atoms with van der Waals surface area (Å²) in [4.78, 5) is 38.0. The Hall–Kier alpha value is -1.59. The SMILES string of the molecule is CCCCCCCCCCCCCCCC(=O)OC[C@@H](COC(=O)CCCCCCCCC(C)CC)OC(=O)CCCCCCCCCCCCCCCCCCCCC(C)C. The van der Waals surface area contributed by atoms with E-state index in [1.165, 1.54) is 199 Å². The second kappa shape index (κ2) is 48.9. The number of rotatable bonds is 50. The molecule has 0 aliphatic heterocycles. The summed E-state index contributed by atoms with van der Waals surface area (Å²) in [6.45, 7) is 11.4. The molecule has 62 heavy (non-hydrogen) atoms. The van der Waals surface area contributed by atoms with Crippen molar-refractivity contribution in [3.8, 4) is 0 Å². The molecule has 1 unspecified atom stereocenters. The van der Waals surface area contributed by atoms with Crippen LogP contribution in [0.2, 0.25) is 0 Å². The Morgan fingerprint density at radius 3 is 0.919 bits per heavy atom. The van der Waals surface area contributed by atoms with Gasteiger partial charge in [-0.2, -0.15) is 0 Å². The van der Waals surface area contributed by atoms with Crippen LogP contribution in [0.25, 0.3) is 0 Å². The number of carbonyl (C=O) groups is 3. The molecule has 0 saturated carbocycles. The van der Waals surface area contributed by atoms with E-state index < -0.39 is 6.10 Å². The fourth-order valence-electron chi connectivity index (χ4n) is 8.49. The molecule has 0 aromatic rings. The third-order valence-electron chi connectivity index (χ3n) is 13.1. The molecule has 0 bridgehead atoms. The fourth-order valence-corrected chi connectivity index (χ4v) is 8.49. The summed E-state index contributed by atoms with van der Waals surface area (Å²) >= 11 is 0. The van der Waals surface area contributed by atoms with Crippen molar-refractivity contribution in [3.63, 3.8) is 0 Å². The molecule has 0 spiro atoms. The molecule has 0 saturated heterocycles. The van der Waals surface area contributed by atoms with Crippen LogP contribution in [0.3, 0.4) is 0 Å². The van der Waals surface area contributed by atoms with Crippen LogP contribution in [0.15, 0.2) is 0 Å². The van der Waals surface area contributed by atoms with Gasteiger partial charge in [-0.15, -0.1) is 0 Å². The highest BCUT2D eigenvalue weighted by Crippen LogP contribution is 2.18. The van der Waals surface area contributed by atoms with Gasteiger partial charge in [-0.25, -0.2) is 0 Å². The first kappa shape index (κ1) is 60.4. The van der Waals surface area contributed by atoms with Crippen LogP contribution in [-0.4, -0.2) is 37.2 Å². The van der Waals surface area contributed by atoms with Crippen molar-refractivity contribution in [2.75, 3.05) is 13.2 Å². The van der Waals surface area contributed by atoms with Gasteiger partial charge in [0.1, 0.15) is 13.2 Å². The van der Waals surface area contributed by atoms with Crippen molar-refractivity contribution in [2.24, 2.45) is 11.8 Å². The first-order chi connectivity index (χ1) is 30.3. The molecule has 0 radical (unpaired) electrons. The van der Waals surface area contributed by atoms with E-state index in [1.54, 1.807) is 0 Å². The molecule has 368 valence electrons. The van der Waals surface area contributed by atoms with E-state index in [9.17, 15) is 14.4 Å². The third kappa shape index (κ3) is 47.9. The molecule has 0 rings (SSSR count). The molecule has 0 aromatic heterocycles. The van der Waals surface area contributed by atoms with E-state index in [-0.39, 0.29) is 31.1 Å². The quantitative estimate of drug-likeness (QED) is 0.0344. The van der Waals surface area contributed by atoms with Crippen LogP contribution >= 0.6 is 0 Å². The van der Waals surface area contributed by atoms with Crippen molar-refractivity contribution >= 4 is 17.9 Å². The maximum absolute atomic E-state index is 12.8. The highest BCUT2D eigenvalue weighted by atomic mass is 16.6. The molecule has 0 aromatic carbocycles. The van der Waals surface area contributed by atoms with Gasteiger partial charge in [0.15, 0.2) is 6.10 Å². The van der Waals surface area contributed by atoms with Crippen LogP contribution < -0.4 is 0 Å². The van der Waals surface area contributed by atoms with Gasteiger partial charge in [0.25, 0.3) is 0 Å².